The second-order valence-corrected chi connectivity index (χ2v) is 5.14. The molecule has 0 bridgehead atoms. The molecule has 1 heterocycles. The number of amides is 3. The van der Waals surface area contributed by atoms with Crippen molar-refractivity contribution >= 4 is 23.5 Å². The number of nitrogens with two attached hydrogens (primary N) is 1. The van der Waals surface area contributed by atoms with Gasteiger partial charge in [0.05, 0.1) is 5.56 Å². The van der Waals surface area contributed by atoms with Crippen molar-refractivity contribution in [3.8, 4) is 0 Å². The molecule has 20 heavy (non-hydrogen) atoms. The van der Waals surface area contributed by atoms with Crippen molar-refractivity contribution in [1.29, 1.82) is 0 Å². The summed E-state index contributed by atoms with van der Waals surface area (Å²) in [6.07, 6.45) is 1.20. The summed E-state index contributed by atoms with van der Waals surface area (Å²) in [6, 6.07) is 3.38. The van der Waals surface area contributed by atoms with E-state index in [1.165, 1.54) is 12.1 Å². The number of benzene rings is 1. The maximum atomic E-state index is 13.7. The molecule has 7 heteroatoms. The van der Waals surface area contributed by atoms with Gasteiger partial charge >= 0.3 is 6.03 Å². The molecule has 0 radical (unpaired) electrons. The van der Waals surface area contributed by atoms with Gasteiger partial charge in [-0.3, -0.25) is 4.79 Å². The molecular formula is C13H15ClFN3O2. The molecule has 2 rings (SSSR count). The van der Waals surface area contributed by atoms with Crippen molar-refractivity contribution in [2.75, 3.05) is 13.1 Å². The minimum absolute atomic E-state index is 0.00992. The number of halogens is 2. The van der Waals surface area contributed by atoms with Gasteiger partial charge in [0.2, 0.25) is 0 Å². The number of hydrogen-bond acceptors (Lipinski definition) is 2. The van der Waals surface area contributed by atoms with Gasteiger partial charge in [-0.25, -0.2) is 9.18 Å². The summed E-state index contributed by atoms with van der Waals surface area (Å²) in [5.41, 5.74) is 5.06. The lowest BCUT2D eigenvalue weighted by molar-refractivity contribution is 0.0704. The minimum atomic E-state index is -0.625. The molecule has 0 atom stereocenters. The molecule has 108 valence electrons. The number of rotatable bonds is 2. The normalized spacial score (nSPS) is 16.0. The number of hydrogen-bond donors (Lipinski definition) is 2. The van der Waals surface area contributed by atoms with Crippen LogP contribution in [0, 0.1) is 5.82 Å². The quantitative estimate of drug-likeness (QED) is 0.873. The number of urea groups is 1. The van der Waals surface area contributed by atoms with Crippen molar-refractivity contribution in [1.82, 2.24) is 10.2 Å². The third-order valence-corrected chi connectivity index (χ3v) is 3.53. The van der Waals surface area contributed by atoms with Crippen molar-refractivity contribution in [2.45, 2.75) is 18.9 Å². The zero-order valence-electron chi connectivity index (χ0n) is 10.7. The van der Waals surface area contributed by atoms with E-state index in [1.54, 1.807) is 4.90 Å². The number of nitrogens with one attached hydrogen (secondary N) is 1. The summed E-state index contributed by atoms with van der Waals surface area (Å²) in [5.74, 6) is -0.989. The van der Waals surface area contributed by atoms with E-state index in [0.29, 0.717) is 25.9 Å². The van der Waals surface area contributed by atoms with E-state index in [-0.39, 0.29) is 22.5 Å². The number of likely N-dealkylation sites (tertiary alicyclic amines) is 1. The van der Waals surface area contributed by atoms with Gasteiger partial charge < -0.3 is 16.0 Å². The topological polar surface area (TPSA) is 75.4 Å². The molecule has 0 aromatic heterocycles. The van der Waals surface area contributed by atoms with Crippen LogP contribution in [-0.2, 0) is 0 Å². The Bertz CT molecular complexity index is 530. The summed E-state index contributed by atoms with van der Waals surface area (Å²) >= 11 is 5.66. The molecule has 1 aromatic carbocycles. The van der Waals surface area contributed by atoms with Gasteiger partial charge in [-0.15, -0.1) is 0 Å². The third kappa shape index (κ3) is 3.39. The van der Waals surface area contributed by atoms with E-state index in [9.17, 15) is 14.0 Å². The zero-order valence-corrected chi connectivity index (χ0v) is 11.5. The molecule has 3 amide bonds. The second kappa shape index (κ2) is 6.09. The van der Waals surface area contributed by atoms with E-state index in [1.807, 2.05) is 0 Å². The first-order valence-electron chi connectivity index (χ1n) is 6.27. The molecule has 5 nitrogen and oxygen atoms in total. The Labute approximate surface area is 120 Å². The molecule has 3 N–H and O–H groups in total. The van der Waals surface area contributed by atoms with Crippen LogP contribution in [0.2, 0.25) is 5.02 Å². The average Bonchev–Trinajstić information content (AvgIpc) is 2.38. The number of nitrogens with zero attached hydrogens (tertiary/aromatic N) is 1. The standard InChI is InChI=1S/C13H15ClFN3O2/c14-8-1-2-10(11(15)7-8)12(19)18-5-3-9(4-6-18)17-13(16)20/h1-2,7,9H,3-6H2,(H3,16,17,20). The van der Waals surface area contributed by atoms with Gasteiger partial charge in [0.15, 0.2) is 0 Å². The fraction of sp³-hybridized carbons (Fsp3) is 0.385. The highest BCUT2D eigenvalue weighted by Crippen LogP contribution is 2.19. The van der Waals surface area contributed by atoms with E-state index in [4.69, 9.17) is 17.3 Å². The highest BCUT2D eigenvalue weighted by molar-refractivity contribution is 6.30. The summed E-state index contributed by atoms with van der Waals surface area (Å²) in [6.45, 7) is 0.900. The Balaban J connectivity index is 1.99. The first-order valence-corrected chi connectivity index (χ1v) is 6.65. The molecule has 1 aliphatic rings. The van der Waals surface area contributed by atoms with Gasteiger partial charge in [0.1, 0.15) is 5.82 Å². The maximum Gasteiger partial charge on any atom is 0.312 e. The highest BCUT2D eigenvalue weighted by atomic mass is 35.5. The van der Waals surface area contributed by atoms with E-state index < -0.39 is 11.8 Å². The number of carbonyl (C=O) groups is 2. The van der Waals surface area contributed by atoms with Crippen LogP contribution in [0.4, 0.5) is 9.18 Å². The lowest BCUT2D eigenvalue weighted by atomic mass is 10.0. The van der Waals surface area contributed by atoms with Gasteiger partial charge in [-0.05, 0) is 31.0 Å². The zero-order chi connectivity index (χ0) is 14.7. The summed E-state index contributed by atoms with van der Waals surface area (Å²) in [4.78, 5) is 24.5. The summed E-state index contributed by atoms with van der Waals surface area (Å²) in [5, 5.41) is 2.86. The lowest BCUT2D eigenvalue weighted by Gasteiger charge is -2.32. The number of carbonyl (C=O) groups excluding carboxylic acids is 2. The summed E-state index contributed by atoms with van der Waals surface area (Å²) in [7, 11) is 0. The predicted octanol–water partition coefficient (Wildman–Crippen LogP) is 1.75. The Kier molecular flexibility index (Phi) is 4.44. The van der Waals surface area contributed by atoms with E-state index in [0.717, 1.165) is 6.07 Å². The molecule has 0 aliphatic carbocycles. The Morgan fingerprint density at radius 3 is 2.55 bits per heavy atom. The van der Waals surface area contributed by atoms with Gasteiger partial charge in [-0.1, -0.05) is 11.6 Å². The Morgan fingerprint density at radius 1 is 1.35 bits per heavy atom. The van der Waals surface area contributed by atoms with Crippen molar-refractivity contribution in [3.63, 3.8) is 0 Å². The smallest absolute Gasteiger partial charge is 0.312 e. The van der Waals surface area contributed by atoms with Crippen LogP contribution in [0.3, 0.4) is 0 Å². The van der Waals surface area contributed by atoms with Crippen molar-refractivity contribution in [2.24, 2.45) is 5.73 Å². The molecule has 1 aromatic rings. The van der Waals surface area contributed by atoms with Crippen molar-refractivity contribution < 1.29 is 14.0 Å². The van der Waals surface area contributed by atoms with E-state index in [2.05, 4.69) is 5.32 Å². The average molecular weight is 300 g/mol. The van der Waals surface area contributed by atoms with Crippen LogP contribution in [0.1, 0.15) is 23.2 Å². The van der Waals surface area contributed by atoms with Gasteiger partial charge in [0, 0.05) is 24.2 Å². The molecule has 1 aliphatic heterocycles. The number of piperidine rings is 1. The largest absolute Gasteiger partial charge is 0.352 e. The Morgan fingerprint density at radius 2 is 2.00 bits per heavy atom. The highest BCUT2D eigenvalue weighted by Gasteiger charge is 2.25. The van der Waals surface area contributed by atoms with Crippen LogP contribution in [-0.4, -0.2) is 36.0 Å². The van der Waals surface area contributed by atoms with Crippen molar-refractivity contribution in [3.05, 3.63) is 34.6 Å². The fourth-order valence-corrected chi connectivity index (χ4v) is 2.42. The molecular weight excluding hydrogens is 285 g/mol. The molecule has 0 spiro atoms. The Hall–Kier alpha value is -1.82. The van der Waals surface area contributed by atoms with E-state index >= 15 is 0 Å². The molecule has 0 saturated carbocycles. The number of primary amides is 1. The fourth-order valence-electron chi connectivity index (χ4n) is 2.26. The first kappa shape index (κ1) is 14.6. The maximum absolute atomic E-state index is 13.7. The van der Waals surface area contributed by atoms with Crippen LogP contribution < -0.4 is 11.1 Å². The molecule has 0 unspecified atom stereocenters. The monoisotopic (exact) mass is 299 g/mol. The minimum Gasteiger partial charge on any atom is -0.352 e. The predicted molar refractivity (Wildman–Crippen MR) is 73.1 cm³/mol. The first-order chi connectivity index (χ1) is 9.47. The van der Waals surface area contributed by atoms with Crippen LogP contribution in [0.15, 0.2) is 18.2 Å². The lowest BCUT2D eigenvalue weighted by Crippen LogP contribution is -2.48. The third-order valence-electron chi connectivity index (χ3n) is 3.29. The molecule has 1 saturated heterocycles. The van der Waals surface area contributed by atoms with Gasteiger partial charge in [0.25, 0.3) is 5.91 Å². The SMILES string of the molecule is NC(=O)NC1CCN(C(=O)c2ccc(Cl)cc2F)CC1. The molecule has 1 fully saturated rings. The van der Waals surface area contributed by atoms with Crippen LogP contribution in [0.25, 0.3) is 0 Å². The summed E-state index contributed by atoms with van der Waals surface area (Å²) < 4.78 is 13.7. The van der Waals surface area contributed by atoms with Crippen LogP contribution >= 0.6 is 11.6 Å². The second-order valence-electron chi connectivity index (χ2n) is 4.70. The van der Waals surface area contributed by atoms with Gasteiger partial charge in [-0.2, -0.15) is 0 Å². The van der Waals surface area contributed by atoms with Crippen LogP contribution in [0.5, 0.6) is 0 Å².